The van der Waals surface area contributed by atoms with Crippen LogP contribution in [0.5, 0.6) is 0 Å². The van der Waals surface area contributed by atoms with E-state index in [4.69, 9.17) is 0 Å². The summed E-state index contributed by atoms with van der Waals surface area (Å²) in [6.07, 6.45) is 3.92. The summed E-state index contributed by atoms with van der Waals surface area (Å²) in [5.74, 6) is 4.08. The molecule has 0 aromatic carbocycles. The van der Waals surface area contributed by atoms with Crippen LogP contribution in [-0.4, -0.2) is 59.1 Å². The van der Waals surface area contributed by atoms with Gasteiger partial charge >= 0.3 is 0 Å². The summed E-state index contributed by atoms with van der Waals surface area (Å²) in [5, 5.41) is 4.61. The van der Waals surface area contributed by atoms with Crippen molar-refractivity contribution in [1.82, 2.24) is 10.2 Å². The Morgan fingerprint density at radius 1 is 1.28 bits per heavy atom. The van der Waals surface area contributed by atoms with Crippen molar-refractivity contribution in [3.05, 3.63) is 0 Å². The fourth-order valence-corrected chi connectivity index (χ4v) is 5.70. The van der Waals surface area contributed by atoms with Crippen molar-refractivity contribution < 1.29 is 0 Å². The molecule has 4 heteroatoms. The molecule has 0 spiro atoms. The number of rotatable bonds is 5. The molecule has 0 aliphatic carbocycles. The smallest absolute Gasteiger partial charge is 0.0265 e. The second-order valence-corrected chi connectivity index (χ2v) is 8.04. The van der Waals surface area contributed by atoms with E-state index in [0.717, 1.165) is 17.3 Å². The summed E-state index contributed by atoms with van der Waals surface area (Å²) in [6.45, 7) is 8.42. The first-order valence-corrected chi connectivity index (χ1v) is 9.70. The molecule has 0 aromatic heterocycles. The molecule has 0 amide bonds. The average Bonchev–Trinajstić information content (AvgIpc) is 2.41. The lowest BCUT2D eigenvalue weighted by molar-refractivity contribution is 0.125. The number of nitrogens with one attached hydrogen (secondary N) is 1. The predicted octanol–water partition coefficient (Wildman–Crippen LogP) is 2.69. The van der Waals surface area contributed by atoms with Crippen molar-refractivity contribution in [2.45, 2.75) is 50.4 Å². The lowest BCUT2D eigenvalue weighted by atomic mass is 10.0. The first kappa shape index (κ1) is 15.0. The Bertz CT molecular complexity index is 232. The van der Waals surface area contributed by atoms with Crippen molar-refractivity contribution in [3.8, 4) is 0 Å². The van der Waals surface area contributed by atoms with E-state index >= 15 is 0 Å². The Kier molecular flexibility index (Phi) is 6.70. The fraction of sp³-hybridized carbons (Fsp3) is 1.00. The van der Waals surface area contributed by atoms with Gasteiger partial charge in [-0.05, 0) is 12.8 Å². The number of thioether (sulfide) groups is 2. The maximum Gasteiger partial charge on any atom is 0.0265 e. The quantitative estimate of drug-likeness (QED) is 0.836. The molecule has 2 nitrogen and oxygen atoms in total. The molecule has 2 aliphatic heterocycles. The Hall–Kier alpha value is 0.620. The van der Waals surface area contributed by atoms with Gasteiger partial charge in [0.1, 0.15) is 0 Å². The fourth-order valence-electron chi connectivity index (χ4n) is 3.00. The van der Waals surface area contributed by atoms with E-state index in [9.17, 15) is 0 Å². The largest absolute Gasteiger partial charge is 0.311 e. The minimum absolute atomic E-state index is 0.735. The van der Waals surface area contributed by atoms with Crippen LogP contribution in [0.4, 0.5) is 0 Å². The van der Waals surface area contributed by atoms with Crippen molar-refractivity contribution in [3.63, 3.8) is 0 Å². The van der Waals surface area contributed by atoms with Gasteiger partial charge in [0, 0.05) is 54.2 Å². The van der Waals surface area contributed by atoms with Crippen LogP contribution in [0.15, 0.2) is 0 Å². The summed E-state index contributed by atoms with van der Waals surface area (Å²) >= 11 is 4.35. The Morgan fingerprint density at radius 2 is 2.17 bits per heavy atom. The molecule has 0 saturated carbocycles. The van der Waals surface area contributed by atoms with Gasteiger partial charge < -0.3 is 5.32 Å². The molecule has 2 rings (SSSR count). The number of hydrogen-bond donors (Lipinski definition) is 1. The van der Waals surface area contributed by atoms with Gasteiger partial charge in [-0.25, -0.2) is 0 Å². The minimum atomic E-state index is 0.735. The molecule has 106 valence electrons. The second kappa shape index (κ2) is 8.03. The molecule has 1 N–H and O–H groups in total. The molecule has 18 heavy (non-hydrogen) atoms. The molecule has 3 atom stereocenters. The predicted molar refractivity (Wildman–Crippen MR) is 85.9 cm³/mol. The van der Waals surface area contributed by atoms with Gasteiger partial charge in [0.2, 0.25) is 0 Å². The van der Waals surface area contributed by atoms with Gasteiger partial charge in [0.25, 0.3) is 0 Å². The summed E-state index contributed by atoms with van der Waals surface area (Å²) in [7, 11) is 0. The molecule has 0 bridgehead atoms. The van der Waals surface area contributed by atoms with E-state index < -0.39 is 0 Å². The topological polar surface area (TPSA) is 15.3 Å². The van der Waals surface area contributed by atoms with Gasteiger partial charge in [0.15, 0.2) is 0 Å². The average molecular weight is 289 g/mol. The van der Waals surface area contributed by atoms with Gasteiger partial charge in [-0.1, -0.05) is 20.3 Å². The molecule has 2 fully saturated rings. The van der Waals surface area contributed by atoms with Crippen molar-refractivity contribution in [1.29, 1.82) is 0 Å². The zero-order chi connectivity index (χ0) is 12.8. The molecule has 3 unspecified atom stereocenters. The summed E-state index contributed by atoms with van der Waals surface area (Å²) in [6, 6.07) is 1.50. The Labute approximate surface area is 121 Å². The maximum atomic E-state index is 3.73. The van der Waals surface area contributed by atoms with Crippen LogP contribution >= 0.6 is 23.5 Å². The Balaban J connectivity index is 1.84. The lowest BCUT2D eigenvalue weighted by Gasteiger charge is -2.42. The van der Waals surface area contributed by atoms with Gasteiger partial charge in [-0.2, -0.15) is 23.5 Å². The van der Waals surface area contributed by atoms with Gasteiger partial charge in [-0.3, -0.25) is 4.90 Å². The third kappa shape index (κ3) is 4.32. The third-order valence-electron chi connectivity index (χ3n) is 4.04. The van der Waals surface area contributed by atoms with E-state index in [-0.39, 0.29) is 0 Å². The highest BCUT2D eigenvalue weighted by Gasteiger charge is 2.28. The summed E-state index contributed by atoms with van der Waals surface area (Å²) in [5.41, 5.74) is 0. The summed E-state index contributed by atoms with van der Waals surface area (Å²) in [4.78, 5) is 2.78. The first-order valence-electron chi connectivity index (χ1n) is 7.50. The molecular weight excluding hydrogens is 260 g/mol. The van der Waals surface area contributed by atoms with Crippen LogP contribution in [0.3, 0.4) is 0 Å². The van der Waals surface area contributed by atoms with E-state index in [1.165, 1.54) is 56.2 Å². The molecule has 0 aromatic rings. The van der Waals surface area contributed by atoms with Crippen LogP contribution < -0.4 is 5.32 Å². The van der Waals surface area contributed by atoms with Gasteiger partial charge in [0.05, 0.1) is 0 Å². The molecule has 2 heterocycles. The van der Waals surface area contributed by atoms with Crippen LogP contribution in [0.2, 0.25) is 0 Å². The normalized spacial score (nSPS) is 34.7. The number of hydrogen-bond acceptors (Lipinski definition) is 4. The van der Waals surface area contributed by atoms with Crippen molar-refractivity contribution in [2.24, 2.45) is 0 Å². The zero-order valence-corrected chi connectivity index (χ0v) is 13.5. The lowest BCUT2D eigenvalue weighted by Crippen LogP contribution is -2.57. The van der Waals surface area contributed by atoms with E-state index in [1.54, 1.807) is 0 Å². The molecule has 2 saturated heterocycles. The monoisotopic (exact) mass is 288 g/mol. The van der Waals surface area contributed by atoms with Crippen LogP contribution in [-0.2, 0) is 0 Å². The third-order valence-corrected chi connectivity index (χ3v) is 6.87. The maximum absolute atomic E-state index is 3.73. The molecular formula is C14H28N2S2. The van der Waals surface area contributed by atoms with E-state index in [1.807, 2.05) is 0 Å². The van der Waals surface area contributed by atoms with Gasteiger partial charge in [-0.15, -0.1) is 0 Å². The SMILES string of the molecule is CCCC1CN(CC2CSCCS2)C(CC)CN1. The Morgan fingerprint density at radius 3 is 2.83 bits per heavy atom. The van der Waals surface area contributed by atoms with E-state index in [0.29, 0.717) is 0 Å². The minimum Gasteiger partial charge on any atom is -0.311 e. The summed E-state index contributed by atoms with van der Waals surface area (Å²) < 4.78 is 0. The highest BCUT2D eigenvalue weighted by Crippen LogP contribution is 2.26. The highest BCUT2D eigenvalue weighted by molar-refractivity contribution is 8.06. The number of piperazine rings is 1. The van der Waals surface area contributed by atoms with E-state index in [2.05, 4.69) is 47.6 Å². The highest BCUT2D eigenvalue weighted by atomic mass is 32.2. The molecule has 2 aliphatic rings. The first-order chi connectivity index (χ1) is 8.83. The van der Waals surface area contributed by atoms with Crippen LogP contribution in [0, 0.1) is 0 Å². The second-order valence-electron chi connectivity index (χ2n) is 5.48. The van der Waals surface area contributed by atoms with Crippen LogP contribution in [0.25, 0.3) is 0 Å². The molecule has 0 radical (unpaired) electrons. The standard InChI is InChI=1S/C14H28N2S2/c1-3-5-12-9-16(13(4-2)8-15-12)10-14-11-17-6-7-18-14/h12-15H,3-11H2,1-2H3. The zero-order valence-electron chi connectivity index (χ0n) is 11.9. The van der Waals surface area contributed by atoms with Crippen LogP contribution in [0.1, 0.15) is 33.1 Å². The van der Waals surface area contributed by atoms with Crippen molar-refractivity contribution >= 4 is 23.5 Å². The van der Waals surface area contributed by atoms with Crippen molar-refractivity contribution in [2.75, 3.05) is 36.9 Å². The number of nitrogens with zero attached hydrogens (tertiary/aromatic N) is 1.